The number of anilines is 3. The monoisotopic (exact) mass is 391 g/mol. The van der Waals surface area contributed by atoms with Crippen LogP contribution in [0.4, 0.5) is 17.1 Å². The summed E-state index contributed by atoms with van der Waals surface area (Å²) < 4.78 is 10.3. The molecule has 2 N–H and O–H groups in total. The highest BCUT2D eigenvalue weighted by Crippen LogP contribution is 2.27. The summed E-state index contributed by atoms with van der Waals surface area (Å²) in [5.74, 6) is -0.0725. The third-order valence-electron chi connectivity index (χ3n) is 4.03. The van der Waals surface area contributed by atoms with E-state index in [4.69, 9.17) is 9.47 Å². The molecule has 0 fully saturated rings. The van der Waals surface area contributed by atoms with E-state index >= 15 is 0 Å². The normalized spacial score (nSPS) is 10.1. The standard InChI is InChI=1S/C22H21N3O4/c1-3-29-22(27)15-8-10-16(11-9-15)25-21(26)19-14-17(12-13-23-19)24-18-6-4-5-7-20(18)28-2/h4-14H,3H2,1-2H3,(H,23,24)(H,25,26). The lowest BCUT2D eigenvalue weighted by Crippen LogP contribution is -2.14. The van der Waals surface area contributed by atoms with Gasteiger partial charge in [-0.1, -0.05) is 12.1 Å². The molecule has 0 unspecified atom stereocenters. The highest BCUT2D eigenvalue weighted by Gasteiger charge is 2.11. The molecule has 0 spiro atoms. The number of ether oxygens (including phenoxy) is 2. The third-order valence-corrected chi connectivity index (χ3v) is 4.03. The Labute approximate surface area is 168 Å². The molecule has 0 atom stereocenters. The first-order valence-electron chi connectivity index (χ1n) is 9.05. The number of carbonyl (C=O) groups is 2. The van der Waals surface area contributed by atoms with E-state index < -0.39 is 5.97 Å². The van der Waals surface area contributed by atoms with Crippen LogP contribution in [0.3, 0.4) is 0 Å². The molecule has 148 valence electrons. The molecule has 0 saturated heterocycles. The van der Waals surface area contributed by atoms with Gasteiger partial charge in [0.1, 0.15) is 11.4 Å². The van der Waals surface area contributed by atoms with Gasteiger partial charge in [-0.05, 0) is 55.5 Å². The predicted molar refractivity (Wildman–Crippen MR) is 111 cm³/mol. The molecule has 3 rings (SSSR count). The Bertz CT molecular complexity index is 1000. The van der Waals surface area contributed by atoms with Crippen molar-refractivity contribution in [3.05, 3.63) is 78.1 Å². The summed E-state index contributed by atoms with van der Waals surface area (Å²) in [4.78, 5) is 28.4. The minimum absolute atomic E-state index is 0.249. The van der Waals surface area contributed by atoms with E-state index in [0.717, 1.165) is 5.69 Å². The lowest BCUT2D eigenvalue weighted by Gasteiger charge is -2.11. The van der Waals surface area contributed by atoms with E-state index in [2.05, 4.69) is 15.6 Å². The lowest BCUT2D eigenvalue weighted by molar-refractivity contribution is 0.0526. The summed E-state index contributed by atoms with van der Waals surface area (Å²) in [5, 5.41) is 5.98. The van der Waals surface area contributed by atoms with Crippen LogP contribution in [0.15, 0.2) is 66.9 Å². The van der Waals surface area contributed by atoms with Crippen molar-refractivity contribution < 1.29 is 19.1 Å². The number of para-hydroxylation sites is 2. The van der Waals surface area contributed by atoms with Crippen LogP contribution in [0.1, 0.15) is 27.8 Å². The smallest absolute Gasteiger partial charge is 0.338 e. The van der Waals surface area contributed by atoms with Crippen LogP contribution in [-0.4, -0.2) is 30.6 Å². The van der Waals surface area contributed by atoms with E-state index in [0.29, 0.717) is 29.3 Å². The molecule has 0 saturated carbocycles. The van der Waals surface area contributed by atoms with Crippen molar-refractivity contribution in [2.45, 2.75) is 6.92 Å². The molecule has 0 aliphatic carbocycles. The van der Waals surface area contributed by atoms with Gasteiger partial charge in [0.25, 0.3) is 5.91 Å². The summed E-state index contributed by atoms with van der Waals surface area (Å²) >= 11 is 0. The molecule has 2 aromatic carbocycles. The molecular weight excluding hydrogens is 370 g/mol. The first kappa shape index (κ1) is 19.9. The molecule has 0 aliphatic rings. The van der Waals surface area contributed by atoms with Gasteiger partial charge in [0.15, 0.2) is 0 Å². The summed E-state index contributed by atoms with van der Waals surface area (Å²) in [6.07, 6.45) is 1.55. The predicted octanol–water partition coefficient (Wildman–Crippen LogP) is 4.26. The summed E-state index contributed by atoms with van der Waals surface area (Å²) in [6.45, 7) is 2.05. The number of aromatic nitrogens is 1. The van der Waals surface area contributed by atoms with Crippen molar-refractivity contribution in [3.63, 3.8) is 0 Å². The molecule has 0 bridgehead atoms. The Kier molecular flexibility index (Phi) is 6.42. The molecule has 3 aromatic rings. The molecule has 29 heavy (non-hydrogen) atoms. The van der Waals surface area contributed by atoms with Crippen molar-refractivity contribution in [2.75, 3.05) is 24.4 Å². The number of hydrogen-bond acceptors (Lipinski definition) is 6. The fourth-order valence-electron chi connectivity index (χ4n) is 2.64. The fraction of sp³-hybridized carbons (Fsp3) is 0.136. The van der Waals surface area contributed by atoms with Crippen LogP contribution in [-0.2, 0) is 4.74 Å². The van der Waals surface area contributed by atoms with Crippen molar-refractivity contribution in [2.24, 2.45) is 0 Å². The SMILES string of the molecule is CCOC(=O)c1ccc(NC(=O)c2cc(Nc3ccccc3OC)ccn2)cc1. The Balaban J connectivity index is 1.70. The summed E-state index contributed by atoms with van der Waals surface area (Å²) in [7, 11) is 1.60. The number of carbonyl (C=O) groups excluding carboxylic acids is 2. The molecule has 1 heterocycles. The Hall–Kier alpha value is -3.87. The van der Waals surface area contributed by atoms with Gasteiger partial charge in [0, 0.05) is 17.6 Å². The van der Waals surface area contributed by atoms with Gasteiger partial charge >= 0.3 is 5.97 Å². The van der Waals surface area contributed by atoms with Gasteiger partial charge in [0.05, 0.1) is 25.0 Å². The zero-order valence-corrected chi connectivity index (χ0v) is 16.1. The van der Waals surface area contributed by atoms with Crippen LogP contribution in [0.5, 0.6) is 5.75 Å². The van der Waals surface area contributed by atoms with Crippen molar-refractivity contribution in [3.8, 4) is 5.75 Å². The van der Waals surface area contributed by atoms with E-state index in [9.17, 15) is 9.59 Å². The van der Waals surface area contributed by atoms with Gasteiger partial charge < -0.3 is 20.1 Å². The topological polar surface area (TPSA) is 89.5 Å². The third kappa shape index (κ3) is 5.10. The molecule has 0 radical (unpaired) electrons. The van der Waals surface area contributed by atoms with Crippen molar-refractivity contribution in [1.29, 1.82) is 0 Å². The highest BCUT2D eigenvalue weighted by molar-refractivity contribution is 6.03. The van der Waals surface area contributed by atoms with Gasteiger partial charge in [0.2, 0.25) is 0 Å². The maximum atomic E-state index is 12.5. The van der Waals surface area contributed by atoms with Crippen LogP contribution in [0.25, 0.3) is 0 Å². The minimum atomic E-state index is -0.401. The maximum absolute atomic E-state index is 12.5. The average Bonchev–Trinajstić information content (AvgIpc) is 2.75. The summed E-state index contributed by atoms with van der Waals surface area (Å²) in [6, 6.07) is 17.4. The number of amides is 1. The Morgan fingerprint density at radius 1 is 1.00 bits per heavy atom. The number of rotatable bonds is 7. The second kappa shape index (κ2) is 9.36. The van der Waals surface area contributed by atoms with E-state index in [1.54, 1.807) is 56.6 Å². The van der Waals surface area contributed by atoms with Gasteiger partial charge in [-0.3, -0.25) is 9.78 Å². The van der Waals surface area contributed by atoms with Crippen LogP contribution in [0.2, 0.25) is 0 Å². The summed E-state index contributed by atoms with van der Waals surface area (Å²) in [5.41, 5.74) is 2.70. The van der Waals surface area contributed by atoms with Crippen LogP contribution in [0, 0.1) is 0 Å². The van der Waals surface area contributed by atoms with Gasteiger partial charge in [-0.2, -0.15) is 0 Å². The number of nitrogens with zero attached hydrogens (tertiary/aromatic N) is 1. The Morgan fingerprint density at radius 2 is 1.76 bits per heavy atom. The highest BCUT2D eigenvalue weighted by atomic mass is 16.5. The molecule has 1 aromatic heterocycles. The largest absolute Gasteiger partial charge is 0.495 e. The number of hydrogen-bond donors (Lipinski definition) is 2. The van der Waals surface area contributed by atoms with Crippen LogP contribution < -0.4 is 15.4 Å². The lowest BCUT2D eigenvalue weighted by atomic mass is 10.2. The fourth-order valence-corrected chi connectivity index (χ4v) is 2.64. The van der Waals surface area contributed by atoms with E-state index in [1.165, 1.54) is 0 Å². The first-order valence-corrected chi connectivity index (χ1v) is 9.05. The van der Waals surface area contributed by atoms with Gasteiger partial charge in [-0.25, -0.2) is 4.79 Å². The molecule has 7 heteroatoms. The quantitative estimate of drug-likeness (QED) is 0.585. The zero-order chi connectivity index (χ0) is 20.6. The molecule has 1 amide bonds. The van der Waals surface area contributed by atoms with E-state index in [1.807, 2.05) is 24.3 Å². The maximum Gasteiger partial charge on any atom is 0.338 e. The number of pyridine rings is 1. The minimum Gasteiger partial charge on any atom is -0.495 e. The average molecular weight is 391 g/mol. The van der Waals surface area contributed by atoms with Gasteiger partial charge in [-0.15, -0.1) is 0 Å². The van der Waals surface area contributed by atoms with Crippen molar-refractivity contribution in [1.82, 2.24) is 4.98 Å². The second-order valence-corrected chi connectivity index (χ2v) is 6.01. The van der Waals surface area contributed by atoms with Crippen molar-refractivity contribution >= 4 is 28.9 Å². The second-order valence-electron chi connectivity index (χ2n) is 6.01. The van der Waals surface area contributed by atoms with Crippen LogP contribution >= 0.6 is 0 Å². The number of methoxy groups -OCH3 is 1. The molecule has 7 nitrogen and oxygen atoms in total. The number of nitrogens with one attached hydrogen (secondary N) is 2. The molecule has 0 aliphatic heterocycles. The Morgan fingerprint density at radius 3 is 2.48 bits per heavy atom. The molecular formula is C22H21N3O4. The first-order chi connectivity index (χ1) is 14.1. The number of benzene rings is 2. The van der Waals surface area contributed by atoms with E-state index in [-0.39, 0.29) is 11.6 Å². The zero-order valence-electron chi connectivity index (χ0n) is 16.1. The number of esters is 1.